The number of ether oxygens (including phenoxy) is 2. The van der Waals surface area contributed by atoms with E-state index in [1.807, 2.05) is 23.1 Å². The first-order chi connectivity index (χ1) is 18.3. The molecule has 204 valence electrons. The van der Waals surface area contributed by atoms with Crippen molar-refractivity contribution in [1.29, 1.82) is 5.26 Å². The molecule has 0 radical (unpaired) electrons. The van der Waals surface area contributed by atoms with E-state index < -0.39 is 22.0 Å². The first-order valence-electron chi connectivity index (χ1n) is 12.1. The lowest BCUT2D eigenvalue weighted by atomic mass is 9.90. The summed E-state index contributed by atoms with van der Waals surface area (Å²) in [6.07, 6.45) is 3.00. The van der Waals surface area contributed by atoms with E-state index in [0.717, 1.165) is 0 Å². The molecule has 1 fully saturated rings. The van der Waals surface area contributed by atoms with E-state index in [2.05, 4.69) is 10.3 Å². The number of primary amides is 1. The lowest BCUT2D eigenvalue weighted by molar-refractivity contribution is -0.132. The van der Waals surface area contributed by atoms with E-state index in [1.54, 1.807) is 25.4 Å². The zero-order valence-corrected chi connectivity index (χ0v) is 21.9. The molecule has 3 rings (SSSR count). The van der Waals surface area contributed by atoms with Gasteiger partial charge >= 0.3 is 0 Å². The minimum atomic E-state index is -4.42. The van der Waals surface area contributed by atoms with Crippen LogP contribution in [-0.4, -0.2) is 74.3 Å². The van der Waals surface area contributed by atoms with Crippen LogP contribution in [0.5, 0.6) is 11.5 Å². The molecule has 0 aromatic heterocycles. The van der Waals surface area contributed by atoms with Gasteiger partial charge in [-0.05, 0) is 61.6 Å². The SMILES string of the molecule is COCCN/C(=N/C#N)N1CCC(C[C@@H](C(N)=O)N(O)S(=O)(=O)c2ccc(Oc3ccccc3)cc2)CC1. The number of para-hydroxylation sites is 1. The number of guanidine groups is 1. The predicted molar refractivity (Wildman–Crippen MR) is 139 cm³/mol. The Bertz CT molecular complexity index is 1230. The van der Waals surface area contributed by atoms with E-state index >= 15 is 0 Å². The number of benzene rings is 2. The number of nitrogens with two attached hydrogens (primary N) is 1. The summed E-state index contributed by atoms with van der Waals surface area (Å²) in [5.74, 6) is 0.394. The van der Waals surface area contributed by atoms with E-state index in [0.29, 0.717) is 56.5 Å². The van der Waals surface area contributed by atoms with E-state index in [1.165, 1.54) is 24.3 Å². The predicted octanol–water partition coefficient (Wildman–Crippen LogP) is 1.89. The highest BCUT2D eigenvalue weighted by Gasteiger charge is 2.36. The maximum absolute atomic E-state index is 13.1. The topological polar surface area (TPSA) is 171 Å². The second-order valence-electron chi connectivity index (χ2n) is 8.70. The maximum Gasteiger partial charge on any atom is 0.265 e. The summed E-state index contributed by atoms with van der Waals surface area (Å²) in [5.41, 5.74) is 5.51. The fraction of sp³-hybridized carbons (Fsp3) is 0.400. The largest absolute Gasteiger partial charge is 0.457 e. The summed E-state index contributed by atoms with van der Waals surface area (Å²) in [6, 6.07) is 13.1. The smallest absolute Gasteiger partial charge is 0.265 e. The molecule has 0 saturated carbocycles. The number of carbonyl (C=O) groups excluding carboxylic acids is 1. The highest BCUT2D eigenvalue weighted by Crippen LogP contribution is 2.28. The van der Waals surface area contributed by atoms with Crippen LogP contribution in [0.25, 0.3) is 0 Å². The third-order valence-electron chi connectivity index (χ3n) is 6.16. The van der Waals surface area contributed by atoms with E-state index in [-0.39, 0.29) is 21.7 Å². The Balaban J connectivity index is 1.63. The number of hydrogen-bond donors (Lipinski definition) is 3. The van der Waals surface area contributed by atoms with Gasteiger partial charge in [0, 0.05) is 26.7 Å². The number of rotatable bonds is 11. The van der Waals surface area contributed by atoms with Crippen molar-refractivity contribution in [2.24, 2.45) is 16.6 Å². The molecule has 38 heavy (non-hydrogen) atoms. The summed E-state index contributed by atoms with van der Waals surface area (Å²) in [5, 5.41) is 22.7. The lowest BCUT2D eigenvalue weighted by Gasteiger charge is -2.35. The van der Waals surface area contributed by atoms with Gasteiger partial charge in [0.2, 0.25) is 18.1 Å². The molecule has 0 bridgehead atoms. The number of hydrogen-bond acceptors (Lipinski definition) is 8. The van der Waals surface area contributed by atoms with Crippen molar-refractivity contribution < 1.29 is 27.9 Å². The molecular formula is C25H32N6O6S. The monoisotopic (exact) mass is 544 g/mol. The third-order valence-corrected chi connectivity index (χ3v) is 7.77. The molecule has 2 aromatic rings. The number of amides is 1. The molecule has 1 aliphatic rings. The second-order valence-corrected chi connectivity index (χ2v) is 10.5. The van der Waals surface area contributed by atoms with Crippen molar-refractivity contribution in [2.45, 2.75) is 30.2 Å². The van der Waals surface area contributed by atoms with E-state index in [4.69, 9.17) is 20.5 Å². The number of piperidine rings is 1. The first kappa shape index (κ1) is 28.9. The molecule has 1 amide bonds. The standard InChI is InChI=1S/C25H32N6O6S/c1-36-16-13-28-25(29-18-26)30-14-11-19(12-15-30)17-23(24(27)32)31(33)38(34,35)22-9-7-21(8-10-22)37-20-5-3-2-4-6-20/h2-10,19,23,33H,11-17H2,1H3,(H2,27,32)(H,28,29)/t23-/m0/s1. The first-order valence-corrected chi connectivity index (χ1v) is 13.5. The molecule has 1 saturated heterocycles. The summed E-state index contributed by atoms with van der Waals surface area (Å²) < 4.78 is 36.9. The Hall–Kier alpha value is -3.70. The van der Waals surface area contributed by atoms with Crippen LogP contribution in [0.2, 0.25) is 0 Å². The molecule has 13 heteroatoms. The number of sulfonamides is 1. The van der Waals surface area contributed by atoms with Crippen molar-refractivity contribution >= 4 is 21.9 Å². The summed E-state index contributed by atoms with van der Waals surface area (Å²) >= 11 is 0. The van der Waals surface area contributed by atoms with Gasteiger partial charge in [0.25, 0.3) is 10.0 Å². The van der Waals surface area contributed by atoms with Gasteiger partial charge in [-0.3, -0.25) is 10.0 Å². The molecule has 1 heterocycles. The molecule has 0 aliphatic carbocycles. The number of aliphatic imine (C=N–C) groups is 1. The summed E-state index contributed by atoms with van der Waals surface area (Å²) in [7, 11) is -2.85. The molecule has 1 atom stereocenters. The van der Waals surface area contributed by atoms with E-state index in [9.17, 15) is 18.4 Å². The number of carbonyl (C=O) groups is 1. The highest BCUT2D eigenvalue weighted by molar-refractivity contribution is 7.89. The van der Waals surface area contributed by atoms with Gasteiger partial charge in [-0.25, -0.2) is 8.42 Å². The van der Waals surface area contributed by atoms with Gasteiger partial charge < -0.3 is 25.4 Å². The van der Waals surface area contributed by atoms with Crippen molar-refractivity contribution in [1.82, 2.24) is 14.7 Å². The van der Waals surface area contributed by atoms with Gasteiger partial charge in [-0.1, -0.05) is 22.7 Å². The van der Waals surface area contributed by atoms with Gasteiger partial charge in [0.05, 0.1) is 11.5 Å². The van der Waals surface area contributed by atoms with Crippen LogP contribution in [-0.2, 0) is 19.6 Å². The fourth-order valence-corrected chi connectivity index (χ4v) is 5.35. The average molecular weight is 545 g/mol. The number of nitriles is 1. The van der Waals surface area contributed by atoms with Gasteiger partial charge in [0.1, 0.15) is 17.5 Å². The number of nitrogens with one attached hydrogen (secondary N) is 1. The van der Waals surface area contributed by atoms with Crippen LogP contribution >= 0.6 is 0 Å². The van der Waals surface area contributed by atoms with Crippen LogP contribution in [0, 0.1) is 17.4 Å². The van der Waals surface area contributed by atoms with Crippen LogP contribution in [0.4, 0.5) is 0 Å². The van der Waals surface area contributed by atoms with Crippen LogP contribution in [0.15, 0.2) is 64.5 Å². The quantitative estimate of drug-likeness (QED) is 0.126. The average Bonchev–Trinajstić information content (AvgIpc) is 2.92. The number of likely N-dealkylation sites (tertiary alicyclic amines) is 1. The molecule has 4 N–H and O–H groups in total. The Kier molecular flexibility index (Phi) is 10.4. The molecule has 12 nitrogen and oxygen atoms in total. The maximum atomic E-state index is 13.1. The lowest BCUT2D eigenvalue weighted by Crippen LogP contribution is -2.49. The Morgan fingerprint density at radius 3 is 2.42 bits per heavy atom. The Labute approximate surface area is 222 Å². The van der Waals surface area contributed by atoms with Crippen LogP contribution < -0.4 is 15.8 Å². The third kappa shape index (κ3) is 7.65. The summed E-state index contributed by atoms with van der Waals surface area (Å²) in [4.78, 5) is 17.7. The van der Waals surface area contributed by atoms with Gasteiger partial charge in [-0.2, -0.15) is 5.26 Å². The summed E-state index contributed by atoms with van der Waals surface area (Å²) in [6.45, 7) is 1.98. The van der Waals surface area contributed by atoms with Crippen LogP contribution in [0.3, 0.4) is 0 Å². The molecule has 2 aromatic carbocycles. The Morgan fingerprint density at radius 1 is 1.21 bits per heavy atom. The van der Waals surface area contributed by atoms with Crippen molar-refractivity contribution in [3.63, 3.8) is 0 Å². The molecular weight excluding hydrogens is 512 g/mol. The second kappa shape index (κ2) is 13.7. The Morgan fingerprint density at radius 2 is 1.84 bits per heavy atom. The minimum absolute atomic E-state index is 0.0515. The van der Waals surface area contributed by atoms with Gasteiger partial charge in [-0.15, -0.1) is 4.99 Å². The molecule has 0 unspecified atom stereocenters. The number of hydroxylamine groups is 1. The van der Waals surface area contributed by atoms with Crippen molar-refractivity contribution in [3.05, 3.63) is 54.6 Å². The molecule has 1 aliphatic heterocycles. The highest BCUT2D eigenvalue weighted by atomic mass is 32.2. The zero-order valence-electron chi connectivity index (χ0n) is 21.1. The minimum Gasteiger partial charge on any atom is -0.457 e. The zero-order chi connectivity index (χ0) is 27.5. The van der Waals surface area contributed by atoms with Crippen molar-refractivity contribution in [2.75, 3.05) is 33.4 Å². The van der Waals surface area contributed by atoms with Crippen molar-refractivity contribution in [3.8, 4) is 17.7 Å². The van der Waals surface area contributed by atoms with Crippen LogP contribution in [0.1, 0.15) is 19.3 Å². The van der Waals surface area contributed by atoms with Gasteiger partial charge in [0.15, 0.2) is 0 Å². The fourth-order valence-electron chi connectivity index (χ4n) is 4.13. The molecule has 0 spiro atoms. The number of methoxy groups -OCH3 is 1. The number of nitrogens with zero attached hydrogens (tertiary/aromatic N) is 4. The normalized spacial score (nSPS) is 15.6.